The van der Waals surface area contributed by atoms with Crippen molar-refractivity contribution in [2.75, 3.05) is 6.54 Å². The minimum Gasteiger partial charge on any atom is -0.461 e. The van der Waals surface area contributed by atoms with Crippen LogP contribution < -0.4 is 0 Å². The molecule has 1 aromatic rings. The fraction of sp³-hybridized carbons (Fsp3) is 0.533. The third kappa shape index (κ3) is 6.81. The first-order valence-electron chi connectivity index (χ1n) is 6.82. The molecule has 20 heavy (non-hydrogen) atoms. The second kappa shape index (κ2) is 8.99. The van der Waals surface area contributed by atoms with Crippen LogP contribution in [0.5, 0.6) is 0 Å². The van der Waals surface area contributed by atoms with Gasteiger partial charge in [-0.1, -0.05) is 49.3 Å². The molecule has 0 aliphatic rings. The van der Waals surface area contributed by atoms with Gasteiger partial charge in [0.05, 0.1) is 0 Å². The van der Waals surface area contributed by atoms with Crippen molar-refractivity contribution in [3.8, 4) is 0 Å². The van der Waals surface area contributed by atoms with Crippen LogP contribution in [0, 0.1) is 11.8 Å². The number of carbonyl (C=O) groups excluding carboxylic acids is 1. The first kappa shape index (κ1) is 16.1. The number of nitrogens with zero attached hydrogens (tertiary/aromatic N) is 3. The first-order chi connectivity index (χ1) is 9.61. The van der Waals surface area contributed by atoms with Gasteiger partial charge in [-0.05, 0) is 29.4 Å². The minimum atomic E-state index is -0.243. The Morgan fingerprint density at radius 3 is 2.65 bits per heavy atom. The highest BCUT2D eigenvalue weighted by atomic mass is 16.5. The second-order valence-corrected chi connectivity index (χ2v) is 5.26. The van der Waals surface area contributed by atoms with E-state index in [4.69, 9.17) is 10.3 Å². The summed E-state index contributed by atoms with van der Waals surface area (Å²) in [5.74, 6) is 0.262. The number of azide groups is 1. The molecule has 0 saturated heterocycles. The third-order valence-corrected chi connectivity index (χ3v) is 2.91. The van der Waals surface area contributed by atoms with Gasteiger partial charge in [0.2, 0.25) is 0 Å². The van der Waals surface area contributed by atoms with Gasteiger partial charge in [-0.15, -0.1) is 0 Å². The Morgan fingerprint density at radius 1 is 1.35 bits per heavy atom. The summed E-state index contributed by atoms with van der Waals surface area (Å²) >= 11 is 0. The summed E-state index contributed by atoms with van der Waals surface area (Å²) in [7, 11) is 0. The maximum absolute atomic E-state index is 11.8. The van der Waals surface area contributed by atoms with Crippen LogP contribution in [0.15, 0.2) is 35.4 Å². The van der Waals surface area contributed by atoms with Gasteiger partial charge in [0.15, 0.2) is 0 Å². The zero-order valence-corrected chi connectivity index (χ0v) is 12.0. The van der Waals surface area contributed by atoms with E-state index < -0.39 is 0 Å². The summed E-state index contributed by atoms with van der Waals surface area (Å²) < 4.78 is 5.25. The van der Waals surface area contributed by atoms with Gasteiger partial charge in [0.1, 0.15) is 6.61 Å². The first-order valence-corrected chi connectivity index (χ1v) is 6.82. The molecule has 0 N–H and O–H groups in total. The molecule has 0 radical (unpaired) electrons. The number of hydrogen-bond donors (Lipinski definition) is 0. The predicted molar refractivity (Wildman–Crippen MR) is 77.8 cm³/mol. The van der Waals surface area contributed by atoms with E-state index in [0.717, 1.165) is 12.0 Å². The highest BCUT2D eigenvalue weighted by Gasteiger charge is 2.16. The van der Waals surface area contributed by atoms with Crippen molar-refractivity contribution in [1.82, 2.24) is 0 Å². The molecule has 0 bridgehead atoms. The number of ether oxygens (including phenoxy) is 1. The van der Waals surface area contributed by atoms with Crippen LogP contribution in [0.1, 0.15) is 32.3 Å². The fourth-order valence-electron chi connectivity index (χ4n) is 2.07. The van der Waals surface area contributed by atoms with Gasteiger partial charge in [0.25, 0.3) is 0 Å². The van der Waals surface area contributed by atoms with Crippen LogP contribution in [-0.4, -0.2) is 12.5 Å². The van der Waals surface area contributed by atoms with Crippen LogP contribution in [0.3, 0.4) is 0 Å². The Morgan fingerprint density at radius 2 is 2.05 bits per heavy atom. The highest BCUT2D eigenvalue weighted by molar-refractivity contribution is 5.69. The maximum atomic E-state index is 11.8. The average molecular weight is 275 g/mol. The Kier molecular flexibility index (Phi) is 7.22. The average Bonchev–Trinajstić information content (AvgIpc) is 2.43. The number of carbonyl (C=O) groups is 1. The second-order valence-electron chi connectivity index (χ2n) is 5.26. The van der Waals surface area contributed by atoms with Crippen molar-refractivity contribution < 1.29 is 9.53 Å². The molecule has 0 fully saturated rings. The zero-order valence-electron chi connectivity index (χ0n) is 12.0. The minimum absolute atomic E-state index is 0.0502. The lowest BCUT2D eigenvalue weighted by atomic mass is 9.94. The van der Waals surface area contributed by atoms with Gasteiger partial charge in [-0.3, -0.25) is 4.79 Å². The summed E-state index contributed by atoms with van der Waals surface area (Å²) in [6.07, 6.45) is 1.14. The third-order valence-electron chi connectivity index (χ3n) is 2.91. The summed E-state index contributed by atoms with van der Waals surface area (Å²) in [5, 5.41) is 3.57. The van der Waals surface area contributed by atoms with Gasteiger partial charge < -0.3 is 4.74 Å². The molecule has 1 aromatic carbocycles. The van der Waals surface area contributed by atoms with Crippen molar-refractivity contribution in [3.05, 3.63) is 46.3 Å². The smallest absolute Gasteiger partial charge is 0.306 e. The molecule has 1 atom stereocenters. The van der Waals surface area contributed by atoms with Crippen LogP contribution in [0.2, 0.25) is 0 Å². The Bertz CT molecular complexity index is 453. The van der Waals surface area contributed by atoms with Crippen molar-refractivity contribution in [1.29, 1.82) is 0 Å². The topological polar surface area (TPSA) is 75.1 Å². The van der Waals surface area contributed by atoms with E-state index >= 15 is 0 Å². The Labute approximate surface area is 119 Å². The van der Waals surface area contributed by atoms with Crippen molar-refractivity contribution in [2.45, 2.75) is 33.3 Å². The molecule has 0 unspecified atom stereocenters. The standard InChI is InChI=1S/C15H21N3O2/c1-12(2)8-14(10-17-18-16)9-15(19)20-11-13-6-4-3-5-7-13/h3-7,12,14H,8-11H2,1-2H3/t14-/m0/s1. The van der Waals surface area contributed by atoms with E-state index in [1.54, 1.807) is 0 Å². The van der Waals surface area contributed by atoms with E-state index in [0.29, 0.717) is 18.9 Å². The largest absolute Gasteiger partial charge is 0.461 e. The SMILES string of the molecule is CC(C)C[C@H](CN=[N+]=[N-])CC(=O)OCc1ccccc1. The highest BCUT2D eigenvalue weighted by Crippen LogP contribution is 2.17. The summed E-state index contributed by atoms with van der Waals surface area (Å²) in [5.41, 5.74) is 9.35. The van der Waals surface area contributed by atoms with Gasteiger partial charge >= 0.3 is 5.97 Å². The molecule has 0 aliphatic carbocycles. The van der Waals surface area contributed by atoms with Crippen LogP contribution >= 0.6 is 0 Å². The van der Waals surface area contributed by atoms with E-state index in [-0.39, 0.29) is 18.5 Å². The normalized spacial score (nSPS) is 11.8. The Hall–Kier alpha value is -2.00. The molecule has 1 rings (SSSR count). The van der Waals surface area contributed by atoms with E-state index in [2.05, 4.69) is 23.9 Å². The maximum Gasteiger partial charge on any atom is 0.306 e. The molecule has 0 heterocycles. The molecule has 0 aliphatic heterocycles. The zero-order chi connectivity index (χ0) is 14.8. The number of hydrogen-bond acceptors (Lipinski definition) is 3. The molecular formula is C15H21N3O2. The summed E-state index contributed by atoms with van der Waals surface area (Å²) in [4.78, 5) is 14.6. The predicted octanol–water partition coefficient (Wildman–Crippen LogP) is 4.09. The van der Waals surface area contributed by atoms with Crippen molar-refractivity contribution in [3.63, 3.8) is 0 Å². The fourth-order valence-corrected chi connectivity index (χ4v) is 2.07. The summed E-state index contributed by atoms with van der Waals surface area (Å²) in [6, 6.07) is 9.57. The molecule has 0 aromatic heterocycles. The van der Waals surface area contributed by atoms with Gasteiger partial charge in [-0.2, -0.15) is 0 Å². The van der Waals surface area contributed by atoms with Crippen molar-refractivity contribution >= 4 is 5.97 Å². The Balaban J connectivity index is 2.42. The monoisotopic (exact) mass is 275 g/mol. The molecule has 5 heteroatoms. The van der Waals surface area contributed by atoms with Crippen molar-refractivity contribution in [2.24, 2.45) is 17.0 Å². The van der Waals surface area contributed by atoms with Gasteiger partial charge in [-0.25, -0.2) is 0 Å². The number of esters is 1. The number of benzene rings is 1. The lowest BCUT2D eigenvalue weighted by Crippen LogP contribution is -2.15. The lowest BCUT2D eigenvalue weighted by molar-refractivity contribution is -0.146. The van der Waals surface area contributed by atoms with E-state index in [9.17, 15) is 4.79 Å². The lowest BCUT2D eigenvalue weighted by Gasteiger charge is -2.16. The number of rotatable bonds is 8. The van der Waals surface area contributed by atoms with Gasteiger partial charge in [0, 0.05) is 17.9 Å². The molecule has 0 spiro atoms. The molecule has 0 amide bonds. The van der Waals surface area contributed by atoms with Crippen LogP contribution in [-0.2, 0) is 16.1 Å². The molecular weight excluding hydrogens is 254 g/mol. The van der Waals surface area contributed by atoms with E-state index in [1.807, 2.05) is 30.3 Å². The summed E-state index contributed by atoms with van der Waals surface area (Å²) in [6.45, 7) is 4.79. The molecule has 5 nitrogen and oxygen atoms in total. The van der Waals surface area contributed by atoms with Crippen LogP contribution in [0.4, 0.5) is 0 Å². The van der Waals surface area contributed by atoms with E-state index in [1.165, 1.54) is 0 Å². The quantitative estimate of drug-likeness (QED) is 0.310. The molecule has 0 saturated carbocycles. The molecule has 108 valence electrons. The van der Waals surface area contributed by atoms with Crippen LogP contribution in [0.25, 0.3) is 10.4 Å².